The van der Waals surface area contributed by atoms with E-state index in [9.17, 15) is 5.11 Å². The van der Waals surface area contributed by atoms with Crippen molar-refractivity contribution in [2.45, 2.75) is 109 Å². The Balaban J connectivity index is 2.54. The average Bonchev–Trinajstić information content (AvgIpc) is 2.63. The third-order valence-electron chi connectivity index (χ3n) is 4.83. The lowest BCUT2D eigenvalue weighted by Gasteiger charge is -2.50. The maximum Gasteiger partial charge on any atom is 0.228 e. The number of phenols is 1. The molecule has 1 N–H and O–H groups in total. The van der Waals surface area contributed by atoms with E-state index in [1.54, 1.807) is 24.3 Å². The molecule has 0 amide bonds. The molecule has 1 aromatic rings. The molecule has 11 heteroatoms. The van der Waals surface area contributed by atoms with E-state index >= 15 is 0 Å². The van der Waals surface area contributed by atoms with E-state index in [0.29, 0.717) is 12.4 Å². The van der Waals surface area contributed by atoms with E-state index in [1.165, 1.54) is 0 Å². The molecule has 0 saturated carbocycles. The minimum absolute atomic E-state index is 0.182. The van der Waals surface area contributed by atoms with Crippen LogP contribution in [0.15, 0.2) is 24.3 Å². The molecule has 1 aromatic carbocycles. The predicted molar refractivity (Wildman–Crippen MR) is 151 cm³/mol. The summed E-state index contributed by atoms with van der Waals surface area (Å²) in [6.07, 6.45) is -2.22. The first kappa shape index (κ1) is 30.7. The summed E-state index contributed by atoms with van der Waals surface area (Å²) in [5.41, 5.74) is 0. The van der Waals surface area contributed by atoms with E-state index in [4.69, 9.17) is 27.2 Å². The minimum Gasteiger partial charge on any atom is -0.508 e. The number of phenolic OH excluding ortho intramolecular Hbond substituents is 1. The Bertz CT molecular complexity index is 795. The Morgan fingerprint density at radius 2 is 1.11 bits per heavy atom. The number of ether oxygens (including phenoxy) is 2. The molecule has 1 fully saturated rings. The fourth-order valence-corrected chi connectivity index (χ4v) is 7.64. The van der Waals surface area contributed by atoms with Gasteiger partial charge < -0.3 is 32.3 Å². The molecule has 5 unspecified atom stereocenters. The van der Waals surface area contributed by atoms with Gasteiger partial charge in [-0.1, -0.05) is 0 Å². The molecule has 0 spiro atoms. The van der Waals surface area contributed by atoms with Crippen molar-refractivity contribution in [3.8, 4) is 11.5 Å². The number of hydrogen-bond donors (Lipinski definition) is 1. The first-order chi connectivity index (χ1) is 15.7. The van der Waals surface area contributed by atoms with Crippen LogP contribution in [0, 0.1) is 0 Å². The first-order valence-corrected chi connectivity index (χ1v) is 26.1. The lowest BCUT2D eigenvalue weighted by Crippen LogP contribution is -2.67. The summed E-state index contributed by atoms with van der Waals surface area (Å²) in [4.78, 5) is 0. The molecule has 0 bridgehead atoms. The van der Waals surface area contributed by atoms with Gasteiger partial charge in [0.15, 0.2) is 33.3 Å². The van der Waals surface area contributed by atoms with Crippen LogP contribution in [0.4, 0.5) is 0 Å². The molecule has 2 rings (SSSR count). The SMILES string of the molecule is C[Si](C)(C)OCC1OC(Oc2ccc(O)cc2)C(O[Si](C)(C)C)C(O[Si](C)(C)C)C1O[Si](C)(C)C. The van der Waals surface area contributed by atoms with Crippen molar-refractivity contribution in [2.75, 3.05) is 6.61 Å². The Morgan fingerprint density at radius 3 is 1.57 bits per heavy atom. The smallest absolute Gasteiger partial charge is 0.228 e. The fraction of sp³-hybridized carbons (Fsp3) is 0.750. The summed E-state index contributed by atoms with van der Waals surface area (Å²) < 4.78 is 39.6. The van der Waals surface area contributed by atoms with Gasteiger partial charge in [0.2, 0.25) is 6.29 Å². The molecular formula is C24H48O7Si4. The summed E-state index contributed by atoms with van der Waals surface area (Å²) in [5.74, 6) is 0.778. The van der Waals surface area contributed by atoms with Crippen molar-refractivity contribution in [3.05, 3.63) is 24.3 Å². The normalized spacial score (nSPS) is 26.6. The van der Waals surface area contributed by atoms with E-state index in [0.717, 1.165) is 0 Å². The fourth-order valence-electron chi connectivity index (χ4n) is 3.72. The van der Waals surface area contributed by atoms with E-state index in [1.807, 2.05) is 0 Å². The molecule has 1 aliphatic rings. The summed E-state index contributed by atoms with van der Waals surface area (Å²) in [6, 6.07) is 6.67. The topological polar surface area (TPSA) is 75.6 Å². The predicted octanol–water partition coefficient (Wildman–Crippen LogP) is 6.01. The molecule has 202 valence electrons. The lowest BCUT2D eigenvalue weighted by molar-refractivity contribution is -0.265. The van der Waals surface area contributed by atoms with Crippen molar-refractivity contribution in [2.24, 2.45) is 0 Å². The van der Waals surface area contributed by atoms with Gasteiger partial charge in [-0.3, -0.25) is 0 Å². The van der Waals surface area contributed by atoms with Crippen LogP contribution in [0.25, 0.3) is 0 Å². The monoisotopic (exact) mass is 560 g/mol. The Labute approximate surface area is 216 Å². The van der Waals surface area contributed by atoms with Gasteiger partial charge in [-0.25, -0.2) is 0 Å². The molecule has 5 atom stereocenters. The molecule has 1 heterocycles. The number of benzene rings is 1. The molecular weight excluding hydrogens is 513 g/mol. The van der Waals surface area contributed by atoms with Crippen molar-refractivity contribution in [1.29, 1.82) is 0 Å². The summed E-state index contributed by atoms with van der Waals surface area (Å²) >= 11 is 0. The molecule has 1 aliphatic heterocycles. The van der Waals surface area contributed by atoms with Crippen LogP contribution >= 0.6 is 0 Å². The van der Waals surface area contributed by atoms with E-state index in [2.05, 4.69) is 78.6 Å². The van der Waals surface area contributed by atoms with Crippen molar-refractivity contribution in [1.82, 2.24) is 0 Å². The second-order valence-corrected chi connectivity index (χ2v) is 31.1. The van der Waals surface area contributed by atoms with Crippen molar-refractivity contribution < 1.29 is 32.3 Å². The third-order valence-corrected chi connectivity index (χ3v) is 8.80. The number of rotatable bonds is 11. The largest absolute Gasteiger partial charge is 0.508 e. The summed E-state index contributed by atoms with van der Waals surface area (Å²) in [6.45, 7) is 26.5. The number of hydrogen-bond acceptors (Lipinski definition) is 7. The van der Waals surface area contributed by atoms with Gasteiger partial charge in [-0.05, 0) is 103 Å². The lowest BCUT2D eigenvalue weighted by atomic mass is 9.99. The van der Waals surface area contributed by atoms with Gasteiger partial charge in [0.05, 0.1) is 6.61 Å². The van der Waals surface area contributed by atoms with Gasteiger partial charge in [-0.15, -0.1) is 0 Å². The summed E-state index contributed by atoms with van der Waals surface area (Å²) in [5, 5.41) is 9.72. The molecule has 7 nitrogen and oxygen atoms in total. The van der Waals surface area contributed by atoms with Gasteiger partial charge in [-0.2, -0.15) is 0 Å². The molecule has 0 aliphatic carbocycles. The standard InChI is InChI=1S/C24H48O7Si4/c1-32(2,3)26-17-20-21(29-33(4,5)6)22(30-34(7,8)9)23(31-35(10,11)12)24(28-20)27-19-15-13-18(25)14-16-19/h13-16,20-25H,17H2,1-12H3. The zero-order valence-electron chi connectivity index (χ0n) is 23.8. The average molecular weight is 561 g/mol. The van der Waals surface area contributed by atoms with Crippen LogP contribution in [0.5, 0.6) is 11.5 Å². The number of aromatic hydroxyl groups is 1. The Morgan fingerprint density at radius 1 is 0.657 bits per heavy atom. The zero-order valence-corrected chi connectivity index (χ0v) is 27.8. The van der Waals surface area contributed by atoms with E-state index < -0.39 is 45.7 Å². The third kappa shape index (κ3) is 11.2. The Kier molecular flexibility index (Phi) is 10.1. The van der Waals surface area contributed by atoms with Crippen LogP contribution in [0.2, 0.25) is 78.6 Å². The Hall–Kier alpha value is -0.512. The highest BCUT2D eigenvalue weighted by Gasteiger charge is 2.52. The second kappa shape index (κ2) is 11.5. The van der Waals surface area contributed by atoms with Crippen LogP contribution in [0.3, 0.4) is 0 Å². The maximum atomic E-state index is 9.72. The zero-order chi connectivity index (χ0) is 26.8. The summed E-state index contributed by atoms with van der Waals surface area (Å²) in [7, 11) is -7.80. The van der Waals surface area contributed by atoms with Crippen LogP contribution in [0.1, 0.15) is 0 Å². The highest BCUT2D eigenvalue weighted by atomic mass is 28.4. The molecule has 0 aromatic heterocycles. The van der Waals surface area contributed by atoms with Gasteiger partial charge in [0.25, 0.3) is 0 Å². The van der Waals surface area contributed by atoms with Crippen LogP contribution in [-0.2, 0) is 22.4 Å². The van der Waals surface area contributed by atoms with Crippen LogP contribution < -0.4 is 4.74 Å². The van der Waals surface area contributed by atoms with Gasteiger partial charge >= 0.3 is 0 Å². The first-order valence-electron chi connectivity index (χ1n) is 12.5. The molecule has 0 radical (unpaired) electrons. The van der Waals surface area contributed by atoms with Crippen molar-refractivity contribution >= 4 is 33.3 Å². The highest BCUT2D eigenvalue weighted by Crippen LogP contribution is 2.35. The minimum atomic E-state index is -2.02. The quantitative estimate of drug-likeness (QED) is 0.332. The van der Waals surface area contributed by atoms with Gasteiger partial charge in [0.1, 0.15) is 35.9 Å². The maximum absolute atomic E-state index is 9.72. The second-order valence-electron chi connectivity index (χ2n) is 13.2. The van der Waals surface area contributed by atoms with E-state index in [-0.39, 0.29) is 24.1 Å². The van der Waals surface area contributed by atoms with Gasteiger partial charge in [0, 0.05) is 0 Å². The highest BCUT2D eigenvalue weighted by molar-refractivity contribution is 6.71. The van der Waals surface area contributed by atoms with Crippen LogP contribution in [-0.4, -0.2) is 75.7 Å². The van der Waals surface area contributed by atoms with Crippen molar-refractivity contribution in [3.63, 3.8) is 0 Å². The molecule has 1 saturated heterocycles. The molecule has 35 heavy (non-hydrogen) atoms.